The fourth-order valence-electron chi connectivity index (χ4n) is 5.18. The Balaban J connectivity index is 1.32. The number of aromatic nitrogens is 5. The normalized spacial score (nSPS) is 17.6. The lowest BCUT2D eigenvalue weighted by Crippen LogP contribution is -2.52. The molecule has 2 aliphatic rings. The van der Waals surface area contributed by atoms with Crippen LogP contribution in [0.2, 0.25) is 0 Å². The van der Waals surface area contributed by atoms with Gasteiger partial charge in [-0.1, -0.05) is 6.07 Å². The van der Waals surface area contributed by atoms with E-state index >= 15 is 0 Å². The standard InChI is InChI=1S/C26H24F3N7O3/c1-15-3-6-20(26(27,28)29)21(32-15)13-36-22-9-16(4-5-19(22)23(37)33(36)2)17-10-30-24(31-11-17)34-7-8-35-18(12-34)14-39-25(35)38/h3-6,9-11,18H,7-8,12-14H2,1-2H3/t18-/m1/s1. The summed E-state index contributed by atoms with van der Waals surface area (Å²) in [6, 6.07) is 7.47. The van der Waals surface area contributed by atoms with Crippen molar-refractivity contribution in [3.05, 3.63) is 70.0 Å². The fraction of sp³-hybridized carbons (Fsp3) is 0.346. The third-order valence-electron chi connectivity index (χ3n) is 7.25. The van der Waals surface area contributed by atoms with Gasteiger partial charge < -0.3 is 9.64 Å². The average molecular weight is 540 g/mol. The number of aryl methyl sites for hydroxylation is 1. The number of fused-ring (bicyclic) bond motifs is 2. The first kappa shape index (κ1) is 24.9. The number of alkyl halides is 3. The highest BCUT2D eigenvalue weighted by Crippen LogP contribution is 2.32. The van der Waals surface area contributed by atoms with Crippen LogP contribution in [0.25, 0.3) is 22.0 Å². The van der Waals surface area contributed by atoms with Gasteiger partial charge in [-0.15, -0.1) is 0 Å². The zero-order valence-corrected chi connectivity index (χ0v) is 21.1. The van der Waals surface area contributed by atoms with E-state index in [4.69, 9.17) is 4.74 Å². The monoisotopic (exact) mass is 539 g/mol. The van der Waals surface area contributed by atoms with Gasteiger partial charge in [0.2, 0.25) is 5.95 Å². The highest BCUT2D eigenvalue weighted by molar-refractivity contribution is 5.84. The molecular formula is C26H24F3N7O3. The van der Waals surface area contributed by atoms with E-state index in [1.165, 1.54) is 22.5 Å². The number of cyclic esters (lactones) is 1. The zero-order valence-electron chi connectivity index (χ0n) is 21.1. The van der Waals surface area contributed by atoms with Crippen LogP contribution >= 0.6 is 0 Å². The van der Waals surface area contributed by atoms with Crippen molar-refractivity contribution in [1.82, 2.24) is 29.2 Å². The molecule has 1 atom stereocenters. The average Bonchev–Trinajstić information content (AvgIpc) is 3.40. The predicted molar refractivity (Wildman–Crippen MR) is 135 cm³/mol. The number of rotatable bonds is 4. The number of ether oxygens (including phenoxy) is 1. The molecule has 0 aliphatic carbocycles. The number of benzene rings is 1. The molecule has 5 heterocycles. The van der Waals surface area contributed by atoms with Gasteiger partial charge in [0.05, 0.1) is 34.7 Å². The largest absolute Gasteiger partial charge is 0.447 e. The number of piperazine rings is 1. The Bertz CT molecular complexity index is 1650. The van der Waals surface area contributed by atoms with E-state index in [2.05, 4.69) is 15.0 Å². The highest BCUT2D eigenvalue weighted by atomic mass is 19.4. The Hall–Kier alpha value is -4.42. The number of carbonyl (C=O) groups is 1. The third kappa shape index (κ3) is 4.37. The van der Waals surface area contributed by atoms with Crippen LogP contribution < -0.4 is 10.5 Å². The van der Waals surface area contributed by atoms with Gasteiger partial charge in [0.25, 0.3) is 5.56 Å². The molecule has 2 aliphatic heterocycles. The minimum atomic E-state index is -4.57. The summed E-state index contributed by atoms with van der Waals surface area (Å²) < 4.78 is 48.9. The maximum Gasteiger partial charge on any atom is 0.418 e. The third-order valence-corrected chi connectivity index (χ3v) is 7.25. The number of carbonyl (C=O) groups excluding carboxylic acids is 1. The van der Waals surface area contributed by atoms with Gasteiger partial charge in [0, 0.05) is 50.3 Å². The zero-order chi connectivity index (χ0) is 27.5. The first-order valence-electron chi connectivity index (χ1n) is 12.3. The summed E-state index contributed by atoms with van der Waals surface area (Å²) >= 11 is 0. The van der Waals surface area contributed by atoms with E-state index < -0.39 is 11.7 Å². The molecule has 10 nitrogen and oxygen atoms in total. The van der Waals surface area contributed by atoms with Crippen molar-refractivity contribution < 1.29 is 22.7 Å². The number of hydrogen-bond donors (Lipinski definition) is 0. The molecule has 13 heteroatoms. The second kappa shape index (κ2) is 9.10. The summed E-state index contributed by atoms with van der Waals surface area (Å²) in [6.45, 7) is 3.42. The molecule has 0 spiro atoms. The lowest BCUT2D eigenvalue weighted by Gasteiger charge is -2.35. The van der Waals surface area contributed by atoms with Gasteiger partial charge in [-0.2, -0.15) is 13.2 Å². The predicted octanol–water partition coefficient (Wildman–Crippen LogP) is 3.21. The quantitative estimate of drug-likeness (QED) is 0.393. The minimum absolute atomic E-state index is 0.0347. The maximum absolute atomic E-state index is 13.7. The van der Waals surface area contributed by atoms with E-state index in [-0.39, 0.29) is 29.9 Å². The first-order valence-corrected chi connectivity index (χ1v) is 12.3. The van der Waals surface area contributed by atoms with E-state index in [9.17, 15) is 22.8 Å². The van der Waals surface area contributed by atoms with Crippen molar-refractivity contribution in [2.75, 3.05) is 31.1 Å². The molecule has 4 aromatic rings. The van der Waals surface area contributed by atoms with Crippen LogP contribution in [0.5, 0.6) is 0 Å². The summed E-state index contributed by atoms with van der Waals surface area (Å²) in [4.78, 5) is 41.5. The number of hydrogen-bond acceptors (Lipinski definition) is 7. The minimum Gasteiger partial charge on any atom is -0.447 e. The Labute approximate surface area is 220 Å². The topological polar surface area (TPSA) is 98.4 Å². The van der Waals surface area contributed by atoms with Crippen LogP contribution in [0, 0.1) is 6.92 Å². The van der Waals surface area contributed by atoms with Gasteiger partial charge in [-0.3, -0.25) is 24.0 Å². The second-order valence-corrected chi connectivity index (χ2v) is 9.70. The lowest BCUT2D eigenvalue weighted by atomic mass is 10.1. The number of nitrogens with zero attached hydrogens (tertiary/aromatic N) is 7. The Morgan fingerprint density at radius 2 is 1.82 bits per heavy atom. The number of anilines is 1. The summed E-state index contributed by atoms with van der Waals surface area (Å²) in [5.41, 5.74) is 0.998. The molecule has 0 unspecified atom stereocenters. The van der Waals surface area contributed by atoms with Gasteiger partial charge >= 0.3 is 12.3 Å². The Morgan fingerprint density at radius 1 is 1.05 bits per heavy atom. The number of pyridine rings is 1. The molecule has 39 heavy (non-hydrogen) atoms. The van der Waals surface area contributed by atoms with Crippen molar-refractivity contribution in [1.29, 1.82) is 0 Å². The van der Waals surface area contributed by atoms with Crippen molar-refractivity contribution >= 4 is 22.9 Å². The highest BCUT2D eigenvalue weighted by Gasteiger charge is 2.38. The van der Waals surface area contributed by atoms with Gasteiger partial charge in [0.15, 0.2) is 0 Å². The van der Waals surface area contributed by atoms with Crippen LogP contribution in [0.1, 0.15) is 17.0 Å². The summed E-state index contributed by atoms with van der Waals surface area (Å²) in [7, 11) is 1.52. The molecule has 0 N–H and O–H groups in total. The molecule has 1 amide bonds. The van der Waals surface area contributed by atoms with Gasteiger partial charge in [-0.05, 0) is 36.8 Å². The molecule has 0 saturated carbocycles. The molecular weight excluding hydrogens is 515 g/mol. The van der Waals surface area contributed by atoms with Crippen molar-refractivity contribution in [3.8, 4) is 11.1 Å². The summed E-state index contributed by atoms with van der Waals surface area (Å²) in [6.07, 6.45) is -1.53. The van der Waals surface area contributed by atoms with Crippen LogP contribution in [0.15, 0.2) is 47.5 Å². The first-order chi connectivity index (χ1) is 18.6. The smallest absolute Gasteiger partial charge is 0.418 e. The number of halogens is 3. The SMILES string of the molecule is Cc1ccc(C(F)(F)F)c(Cn2c3cc(-c4cnc(N5CCN6C(=O)OC[C@H]6C5)nc4)ccc3c(=O)n2C)n1. The van der Waals surface area contributed by atoms with Crippen LogP contribution in [-0.2, 0) is 24.5 Å². The maximum atomic E-state index is 13.7. The van der Waals surface area contributed by atoms with Crippen molar-refractivity contribution in [2.24, 2.45) is 7.05 Å². The van der Waals surface area contributed by atoms with Crippen LogP contribution in [0.3, 0.4) is 0 Å². The summed E-state index contributed by atoms with van der Waals surface area (Å²) in [5.74, 6) is 0.528. The molecule has 3 aromatic heterocycles. The van der Waals surface area contributed by atoms with Crippen molar-refractivity contribution in [3.63, 3.8) is 0 Å². The molecule has 2 saturated heterocycles. The summed E-state index contributed by atoms with van der Waals surface area (Å²) in [5, 5.41) is 0.381. The van der Waals surface area contributed by atoms with Crippen LogP contribution in [0.4, 0.5) is 23.9 Å². The van der Waals surface area contributed by atoms with E-state index in [1.54, 1.807) is 42.4 Å². The molecule has 202 valence electrons. The Morgan fingerprint density at radius 3 is 2.56 bits per heavy atom. The van der Waals surface area contributed by atoms with E-state index in [0.29, 0.717) is 59.9 Å². The molecule has 2 fully saturated rings. The molecule has 0 radical (unpaired) electrons. The second-order valence-electron chi connectivity index (χ2n) is 9.70. The Kier molecular flexibility index (Phi) is 5.81. The molecule has 6 rings (SSSR count). The molecule has 1 aromatic carbocycles. The van der Waals surface area contributed by atoms with Gasteiger partial charge in [-0.25, -0.2) is 14.8 Å². The molecule has 0 bridgehead atoms. The lowest BCUT2D eigenvalue weighted by molar-refractivity contribution is -0.138. The van der Waals surface area contributed by atoms with Crippen molar-refractivity contribution in [2.45, 2.75) is 25.7 Å². The number of amides is 1. The van der Waals surface area contributed by atoms with E-state index in [1.807, 2.05) is 4.90 Å². The van der Waals surface area contributed by atoms with Gasteiger partial charge in [0.1, 0.15) is 6.61 Å². The van der Waals surface area contributed by atoms with Crippen LogP contribution in [-0.4, -0.2) is 67.6 Å². The fourth-order valence-corrected chi connectivity index (χ4v) is 5.18. The van der Waals surface area contributed by atoms with E-state index in [0.717, 1.165) is 6.07 Å².